The SMILES string of the molecule is C#CC1(C(=C)NC(C)=Nc2c(/C(C=NC)=C/C)ccc(OC)c2C)CC1. The summed E-state index contributed by atoms with van der Waals surface area (Å²) in [5, 5.41) is 3.28. The summed E-state index contributed by atoms with van der Waals surface area (Å²) >= 11 is 0. The molecule has 0 saturated heterocycles. The van der Waals surface area contributed by atoms with Gasteiger partial charge in [0.15, 0.2) is 0 Å². The van der Waals surface area contributed by atoms with E-state index in [4.69, 9.17) is 16.2 Å². The van der Waals surface area contributed by atoms with E-state index in [0.717, 1.165) is 52.5 Å². The highest BCUT2D eigenvalue weighted by Crippen LogP contribution is 2.49. The van der Waals surface area contributed by atoms with Crippen molar-refractivity contribution in [3.8, 4) is 18.1 Å². The van der Waals surface area contributed by atoms with E-state index in [2.05, 4.69) is 22.8 Å². The summed E-state index contributed by atoms with van der Waals surface area (Å²) in [5.41, 5.74) is 4.45. The second kappa shape index (κ2) is 8.05. The van der Waals surface area contributed by atoms with E-state index < -0.39 is 0 Å². The quantitative estimate of drug-likeness (QED) is 0.461. The number of ether oxygens (including phenoxy) is 1. The molecule has 0 bridgehead atoms. The molecule has 0 radical (unpaired) electrons. The zero-order chi connectivity index (χ0) is 19.3. The van der Waals surface area contributed by atoms with Crippen molar-refractivity contribution in [2.24, 2.45) is 15.4 Å². The highest BCUT2D eigenvalue weighted by atomic mass is 16.5. The van der Waals surface area contributed by atoms with Crippen molar-refractivity contribution in [2.45, 2.75) is 33.6 Å². The summed E-state index contributed by atoms with van der Waals surface area (Å²) in [6.07, 6.45) is 11.4. The lowest BCUT2D eigenvalue weighted by Crippen LogP contribution is -2.24. The molecule has 136 valence electrons. The molecule has 0 aliphatic heterocycles. The van der Waals surface area contributed by atoms with E-state index in [1.807, 2.05) is 45.2 Å². The second-order valence-electron chi connectivity index (χ2n) is 6.45. The van der Waals surface area contributed by atoms with Gasteiger partial charge in [0.1, 0.15) is 11.6 Å². The number of terminal acetylenes is 1. The van der Waals surface area contributed by atoms with Gasteiger partial charge in [-0.25, -0.2) is 4.99 Å². The molecule has 1 aromatic rings. The van der Waals surface area contributed by atoms with Crippen molar-refractivity contribution < 1.29 is 4.74 Å². The number of benzene rings is 1. The lowest BCUT2D eigenvalue weighted by Gasteiger charge is -2.17. The Labute approximate surface area is 156 Å². The van der Waals surface area contributed by atoms with Gasteiger partial charge in [0.25, 0.3) is 0 Å². The molecule has 0 unspecified atom stereocenters. The van der Waals surface area contributed by atoms with Crippen molar-refractivity contribution in [2.75, 3.05) is 14.2 Å². The van der Waals surface area contributed by atoms with Crippen LogP contribution >= 0.6 is 0 Å². The maximum absolute atomic E-state index is 5.65. The van der Waals surface area contributed by atoms with Crippen LogP contribution in [0.25, 0.3) is 5.57 Å². The molecule has 0 atom stereocenters. The van der Waals surface area contributed by atoms with Gasteiger partial charge in [-0.15, -0.1) is 6.42 Å². The maximum atomic E-state index is 5.65. The van der Waals surface area contributed by atoms with Gasteiger partial charge < -0.3 is 10.1 Å². The van der Waals surface area contributed by atoms with Gasteiger partial charge in [0, 0.05) is 30.1 Å². The molecule has 0 spiro atoms. The van der Waals surface area contributed by atoms with Crippen LogP contribution in [0.1, 0.15) is 37.8 Å². The molecule has 0 heterocycles. The molecule has 1 aliphatic carbocycles. The fourth-order valence-corrected chi connectivity index (χ4v) is 2.91. The van der Waals surface area contributed by atoms with Crippen LogP contribution in [0.3, 0.4) is 0 Å². The van der Waals surface area contributed by atoms with E-state index in [-0.39, 0.29) is 5.41 Å². The van der Waals surface area contributed by atoms with Crippen molar-refractivity contribution in [1.82, 2.24) is 5.32 Å². The number of amidine groups is 1. The molecular weight excluding hydrogens is 322 g/mol. The number of allylic oxidation sites excluding steroid dienone is 3. The maximum Gasteiger partial charge on any atom is 0.123 e. The van der Waals surface area contributed by atoms with E-state index in [1.54, 1.807) is 14.2 Å². The van der Waals surface area contributed by atoms with Crippen molar-refractivity contribution in [3.05, 3.63) is 41.6 Å². The molecular formula is C22H27N3O. The minimum atomic E-state index is -0.216. The van der Waals surface area contributed by atoms with Crippen molar-refractivity contribution >= 4 is 23.3 Å². The molecule has 1 fully saturated rings. The van der Waals surface area contributed by atoms with Crippen LogP contribution in [0.4, 0.5) is 5.69 Å². The summed E-state index contributed by atoms with van der Waals surface area (Å²) < 4.78 is 5.47. The van der Waals surface area contributed by atoms with Gasteiger partial charge >= 0.3 is 0 Å². The molecule has 1 N–H and O–H groups in total. The first-order valence-electron chi connectivity index (χ1n) is 8.68. The van der Waals surface area contributed by atoms with E-state index in [0.29, 0.717) is 0 Å². The van der Waals surface area contributed by atoms with Crippen LogP contribution in [-0.4, -0.2) is 26.2 Å². The third-order valence-electron chi connectivity index (χ3n) is 4.71. The summed E-state index contributed by atoms with van der Waals surface area (Å²) in [4.78, 5) is 8.98. The van der Waals surface area contributed by atoms with Gasteiger partial charge in [-0.1, -0.05) is 18.6 Å². The predicted octanol–water partition coefficient (Wildman–Crippen LogP) is 4.67. The average Bonchev–Trinajstić information content (AvgIpc) is 3.43. The highest BCUT2D eigenvalue weighted by Gasteiger charge is 2.44. The lowest BCUT2D eigenvalue weighted by molar-refractivity contribution is 0.412. The van der Waals surface area contributed by atoms with Crippen LogP contribution in [0.5, 0.6) is 5.75 Å². The Hall–Kier alpha value is -2.80. The number of methoxy groups -OCH3 is 1. The topological polar surface area (TPSA) is 46.0 Å². The van der Waals surface area contributed by atoms with Crippen molar-refractivity contribution in [1.29, 1.82) is 0 Å². The number of rotatable bonds is 6. The minimum absolute atomic E-state index is 0.216. The van der Waals surface area contributed by atoms with Crippen LogP contribution in [0.2, 0.25) is 0 Å². The van der Waals surface area contributed by atoms with Gasteiger partial charge in [0.2, 0.25) is 0 Å². The highest BCUT2D eigenvalue weighted by molar-refractivity contribution is 6.12. The second-order valence-corrected chi connectivity index (χ2v) is 6.45. The molecule has 4 nitrogen and oxygen atoms in total. The first kappa shape index (κ1) is 19.5. The molecule has 4 heteroatoms. The fourth-order valence-electron chi connectivity index (χ4n) is 2.91. The Bertz CT molecular complexity index is 834. The van der Waals surface area contributed by atoms with Gasteiger partial charge in [-0.2, -0.15) is 0 Å². The van der Waals surface area contributed by atoms with Crippen LogP contribution in [0.15, 0.2) is 40.5 Å². The first-order chi connectivity index (χ1) is 12.4. The summed E-state index contributed by atoms with van der Waals surface area (Å²) in [6.45, 7) is 10.0. The molecule has 1 aliphatic rings. The molecule has 1 aromatic carbocycles. The zero-order valence-electron chi connectivity index (χ0n) is 16.3. The largest absolute Gasteiger partial charge is 0.496 e. The van der Waals surface area contributed by atoms with E-state index in [1.165, 1.54) is 0 Å². The Morgan fingerprint density at radius 2 is 2.12 bits per heavy atom. The van der Waals surface area contributed by atoms with Crippen LogP contribution in [-0.2, 0) is 0 Å². The zero-order valence-corrected chi connectivity index (χ0v) is 16.3. The van der Waals surface area contributed by atoms with E-state index in [9.17, 15) is 0 Å². The number of aliphatic imine (C=N–C) groups is 2. The first-order valence-corrected chi connectivity index (χ1v) is 8.68. The van der Waals surface area contributed by atoms with Gasteiger partial charge in [-0.3, -0.25) is 4.99 Å². The normalized spacial score (nSPS) is 16.3. The van der Waals surface area contributed by atoms with Crippen LogP contribution in [0, 0.1) is 24.7 Å². The molecule has 2 rings (SSSR count). The van der Waals surface area contributed by atoms with Gasteiger partial charge in [-0.05, 0) is 51.3 Å². The van der Waals surface area contributed by atoms with Gasteiger partial charge in [0.05, 0.1) is 18.2 Å². The van der Waals surface area contributed by atoms with Crippen molar-refractivity contribution in [3.63, 3.8) is 0 Å². The fraction of sp³-hybridized carbons (Fsp3) is 0.364. The Balaban J connectivity index is 2.45. The van der Waals surface area contributed by atoms with E-state index >= 15 is 0 Å². The molecule has 0 amide bonds. The molecule has 26 heavy (non-hydrogen) atoms. The molecule has 0 aromatic heterocycles. The Kier molecular flexibility index (Phi) is 6.05. The smallest absolute Gasteiger partial charge is 0.123 e. The monoisotopic (exact) mass is 349 g/mol. The van der Waals surface area contributed by atoms with Crippen LogP contribution < -0.4 is 10.1 Å². The Morgan fingerprint density at radius 3 is 2.62 bits per heavy atom. The lowest BCUT2D eigenvalue weighted by atomic mass is 10.00. The minimum Gasteiger partial charge on any atom is -0.496 e. The predicted molar refractivity (Wildman–Crippen MR) is 111 cm³/mol. The summed E-state index contributed by atoms with van der Waals surface area (Å²) in [7, 11) is 3.42. The summed E-state index contributed by atoms with van der Waals surface area (Å²) in [6, 6.07) is 3.96. The summed E-state index contributed by atoms with van der Waals surface area (Å²) in [5.74, 6) is 4.39. The average molecular weight is 349 g/mol. The third-order valence-corrected chi connectivity index (χ3v) is 4.71. The number of nitrogens with zero attached hydrogens (tertiary/aromatic N) is 2. The third kappa shape index (κ3) is 3.88. The number of hydrogen-bond donors (Lipinski definition) is 1. The standard InChI is InChI=1S/C22H27N3O/c1-8-18(14-23-6)19-10-11-20(26-7)15(3)21(19)25-17(5)24-16(4)22(9-2)12-13-22/h2,8,10-11,14H,4,12-13H2,1,3,5-7H3,(H,24,25)/b18-8+,23-14?. The number of nitrogens with one attached hydrogen (secondary N) is 1. The Morgan fingerprint density at radius 1 is 1.42 bits per heavy atom. The molecule has 1 saturated carbocycles. The number of hydrogen-bond acceptors (Lipinski definition) is 3.